The SMILES string of the molecule is CN(C1CCC(N)CC1)S(=O)(=O)c1c(F)cccc1F. The summed E-state index contributed by atoms with van der Waals surface area (Å²) in [6.45, 7) is 0. The molecule has 1 aromatic carbocycles. The fourth-order valence-electron chi connectivity index (χ4n) is 2.53. The molecule has 7 heteroatoms. The van der Waals surface area contributed by atoms with E-state index < -0.39 is 26.6 Å². The maximum absolute atomic E-state index is 13.7. The minimum absolute atomic E-state index is 0.0764. The Balaban J connectivity index is 2.30. The van der Waals surface area contributed by atoms with Crippen molar-refractivity contribution in [1.29, 1.82) is 0 Å². The van der Waals surface area contributed by atoms with Crippen molar-refractivity contribution in [1.82, 2.24) is 4.31 Å². The molecule has 0 saturated heterocycles. The molecule has 112 valence electrons. The average molecular weight is 304 g/mol. The van der Waals surface area contributed by atoms with E-state index in [4.69, 9.17) is 5.73 Å². The zero-order valence-electron chi connectivity index (χ0n) is 11.2. The summed E-state index contributed by atoms with van der Waals surface area (Å²) in [5.41, 5.74) is 5.78. The molecule has 0 aromatic heterocycles. The monoisotopic (exact) mass is 304 g/mol. The quantitative estimate of drug-likeness (QED) is 0.927. The van der Waals surface area contributed by atoms with Gasteiger partial charge in [-0.3, -0.25) is 0 Å². The molecule has 1 saturated carbocycles. The molecule has 1 fully saturated rings. The van der Waals surface area contributed by atoms with Crippen LogP contribution >= 0.6 is 0 Å². The molecule has 0 spiro atoms. The summed E-state index contributed by atoms with van der Waals surface area (Å²) >= 11 is 0. The highest BCUT2D eigenvalue weighted by Crippen LogP contribution is 2.28. The third-order valence-electron chi connectivity index (χ3n) is 3.81. The number of halogens is 2. The van der Waals surface area contributed by atoms with E-state index in [1.54, 1.807) is 0 Å². The van der Waals surface area contributed by atoms with E-state index in [-0.39, 0.29) is 12.1 Å². The predicted molar refractivity (Wildman–Crippen MR) is 71.5 cm³/mol. The fraction of sp³-hybridized carbons (Fsp3) is 0.538. The van der Waals surface area contributed by atoms with Gasteiger partial charge in [0.15, 0.2) is 4.90 Å². The number of hydrogen-bond acceptors (Lipinski definition) is 3. The topological polar surface area (TPSA) is 63.4 Å². The van der Waals surface area contributed by atoms with Crippen molar-refractivity contribution >= 4 is 10.0 Å². The van der Waals surface area contributed by atoms with Crippen LogP contribution in [0.25, 0.3) is 0 Å². The third kappa shape index (κ3) is 2.84. The highest BCUT2D eigenvalue weighted by atomic mass is 32.2. The van der Waals surface area contributed by atoms with Crippen LogP contribution in [-0.4, -0.2) is 31.9 Å². The van der Waals surface area contributed by atoms with E-state index in [0.29, 0.717) is 25.7 Å². The molecule has 0 heterocycles. The Morgan fingerprint density at radius 2 is 1.65 bits per heavy atom. The summed E-state index contributed by atoms with van der Waals surface area (Å²) in [6.07, 6.45) is 2.63. The molecule has 0 aliphatic heterocycles. The minimum atomic E-state index is -4.17. The maximum Gasteiger partial charge on any atom is 0.248 e. The zero-order valence-corrected chi connectivity index (χ0v) is 12.0. The van der Waals surface area contributed by atoms with Gasteiger partial charge >= 0.3 is 0 Å². The van der Waals surface area contributed by atoms with Gasteiger partial charge in [0, 0.05) is 19.1 Å². The van der Waals surface area contributed by atoms with E-state index in [9.17, 15) is 17.2 Å². The van der Waals surface area contributed by atoms with Crippen LogP contribution in [0.1, 0.15) is 25.7 Å². The molecule has 0 radical (unpaired) electrons. The van der Waals surface area contributed by atoms with Crippen molar-refractivity contribution < 1.29 is 17.2 Å². The van der Waals surface area contributed by atoms with Crippen LogP contribution in [-0.2, 0) is 10.0 Å². The summed E-state index contributed by atoms with van der Waals surface area (Å²) in [6, 6.07) is 2.84. The molecule has 1 aromatic rings. The lowest BCUT2D eigenvalue weighted by molar-refractivity contribution is 0.267. The standard InChI is InChI=1S/C13H18F2N2O2S/c1-17(10-7-5-9(16)6-8-10)20(18,19)13-11(14)3-2-4-12(13)15/h2-4,9-10H,5-8,16H2,1H3. The van der Waals surface area contributed by atoms with Gasteiger partial charge in [0.05, 0.1) is 0 Å². The Hall–Kier alpha value is -1.05. The first-order valence-electron chi connectivity index (χ1n) is 6.51. The summed E-state index contributed by atoms with van der Waals surface area (Å²) in [7, 11) is -2.81. The van der Waals surface area contributed by atoms with Gasteiger partial charge in [0.1, 0.15) is 11.6 Å². The number of benzene rings is 1. The van der Waals surface area contributed by atoms with Crippen molar-refractivity contribution in [2.75, 3.05) is 7.05 Å². The molecule has 0 unspecified atom stereocenters. The molecule has 20 heavy (non-hydrogen) atoms. The summed E-state index contributed by atoms with van der Waals surface area (Å²) in [5.74, 6) is -2.13. The molecular formula is C13H18F2N2O2S. The van der Waals surface area contributed by atoms with E-state index in [2.05, 4.69) is 0 Å². The summed E-state index contributed by atoms with van der Waals surface area (Å²) in [5, 5.41) is 0. The highest BCUT2D eigenvalue weighted by molar-refractivity contribution is 7.89. The third-order valence-corrected chi connectivity index (χ3v) is 5.77. The molecule has 1 aliphatic rings. The number of nitrogens with two attached hydrogens (primary N) is 1. The van der Waals surface area contributed by atoms with Gasteiger partial charge in [-0.2, -0.15) is 4.31 Å². The zero-order chi connectivity index (χ0) is 14.9. The Morgan fingerprint density at radius 1 is 1.15 bits per heavy atom. The van der Waals surface area contributed by atoms with Crippen LogP contribution in [0.4, 0.5) is 8.78 Å². The van der Waals surface area contributed by atoms with Crippen LogP contribution < -0.4 is 5.73 Å². The second kappa shape index (κ2) is 5.75. The molecule has 2 rings (SSSR count). The fourth-order valence-corrected chi connectivity index (χ4v) is 4.05. The lowest BCUT2D eigenvalue weighted by Crippen LogP contribution is -2.42. The first-order chi connectivity index (χ1) is 9.34. The van der Waals surface area contributed by atoms with E-state index in [1.807, 2.05) is 0 Å². The van der Waals surface area contributed by atoms with Gasteiger partial charge in [-0.25, -0.2) is 17.2 Å². The normalized spacial score (nSPS) is 24.1. The Bertz CT molecular complexity index is 564. The number of rotatable bonds is 3. The first-order valence-corrected chi connectivity index (χ1v) is 7.95. The van der Waals surface area contributed by atoms with Crippen molar-refractivity contribution in [3.8, 4) is 0 Å². The highest BCUT2D eigenvalue weighted by Gasteiger charge is 2.34. The Labute approximate surface area is 117 Å². The largest absolute Gasteiger partial charge is 0.328 e. The molecule has 0 amide bonds. The average Bonchev–Trinajstić information content (AvgIpc) is 2.38. The van der Waals surface area contributed by atoms with Crippen LogP contribution in [0.15, 0.2) is 23.1 Å². The second-order valence-corrected chi connectivity index (χ2v) is 7.07. The van der Waals surface area contributed by atoms with Crippen molar-refractivity contribution in [3.05, 3.63) is 29.8 Å². The molecule has 4 nitrogen and oxygen atoms in total. The predicted octanol–water partition coefficient (Wildman–Crippen LogP) is 1.86. The van der Waals surface area contributed by atoms with Gasteiger partial charge < -0.3 is 5.73 Å². The van der Waals surface area contributed by atoms with Crippen LogP contribution in [0, 0.1) is 11.6 Å². The van der Waals surface area contributed by atoms with Gasteiger partial charge in [-0.05, 0) is 37.8 Å². The smallest absolute Gasteiger partial charge is 0.248 e. The summed E-state index contributed by atoms with van der Waals surface area (Å²) in [4.78, 5) is -0.877. The van der Waals surface area contributed by atoms with Gasteiger partial charge in [0.2, 0.25) is 10.0 Å². The van der Waals surface area contributed by atoms with Crippen LogP contribution in [0.5, 0.6) is 0 Å². The summed E-state index contributed by atoms with van der Waals surface area (Å²) < 4.78 is 53.1. The van der Waals surface area contributed by atoms with Gasteiger partial charge in [-0.15, -0.1) is 0 Å². The minimum Gasteiger partial charge on any atom is -0.328 e. The molecule has 0 atom stereocenters. The molecule has 1 aliphatic carbocycles. The Morgan fingerprint density at radius 3 is 2.15 bits per heavy atom. The lowest BCUT2D eigenvalue weighted by Gasteiger charge is -2.32. The second-order valence-electron chi connectivity index (χ2n) is 5.14. The molecule has 0 bridgehead atoms. The number of hydrogen-bond donors (Lipinski definition) is 1. The molecule has 2 N–H and O–H groups in total. The van der Waals surface area contributed by atoms with E-state index in [1.165, 1.54) is 7.05 Å². The Kier molecular flexibility index (Phi) is 4.41. The lowest BCUT2D eigenvalue weighted by atomic mass is 9.92. The van der Waals surface area contributed by atoms with Gasteiger partial charge in [0.25, 0.3) is 0 Å². The van der Waals surface area contributed by atoms with Crippen molar-refractivity contribution in [2.24, 2.45) is 5.73 Å². The van der Waals surface area contributed by atoms with E-state index in [0.717, 1.165) is 22.5 Å². The van der Waals surface area contributed by atoms with Crippen molar-refractivity contribution in [2.45, 2.75) is 42.7 Å². The number of nitrogens with zero attached hydrogens (tertiary/aromatic N) is 1. The van der Waals surface area contributed by atoms with E-state index >= 15 is 0 Å². The molecular weight excluding hydrogens is 286 g/mol. The van der Waals surface area contributed by atoms with Crippen LogP contribution in [0.2, 0.25) is 0 Å². The van der Waals surface area contributed by atoms with Gasteiger partial charge in [-0.1, -0.05) is 6.07 Å². The number of sulfonamides is 1. The van der Waals surface area contributed by atoms with Crippen molar-refractivity contribution in [3.63, 3.8) is 0 Å². The first kappa shape index (κ1) is 15.3. The maximum atomic E-state index is 13.7. The van der Waals surface area contributed by atoms with Crippen LogP contribution in [0.3, 0.4) is 0 Å².